The van der Waals surface area contributed by atoms with Gasteiger partial charge in [0.25, 0.3) is 20.0 Å². The summed E-state index contributed by atoms with van der Waals surface area (Å²) in [5, 5.41) is 0.550. The lowest BCUT2D eigenvalue weighted by Crippen LogP contribution is -2.23. The van der Waals surface area contributed by atoms with E-state index in [9.17, 15) is 44.0 Å². The summed E-state index contributed by atoms with van der Waals surface area (Å²) in [6.45, 7) is 0.875. The average Bonchev–Trinajstić information content (AvgIpc) is 4.17. The Hall–Kier alpha value is -7.67. The van der Waals surface area contributed by atoms with Crippen LogP contribution in [-0.2, 0) is 29.6 Å². The Morgan fingerprint density at radius 2 is 0.961 bits per heavy atom. The number of nitrogen functional groups attached to an aromatic ring is 1. The molecule has 2 fully saturated rings. The summed E-state index contributed by atoms with van der Waals surface area (Å²) in [4.78, 5) is 50.9. The number of thiazole rings is 2. The Morgan fingerprint density at radius 3 is 1.34 bits per heavy atom. The number of halogens is 7. The summed E-state index contributed by atoms with van der Waals surface area (Å²) in [6, 6.07) is 15.8. The zero-order valence-corrected chi connectivity index (χ0v) is 42.6. The maximum absolute atomic E-state index is 15.8. The molecule has 4 aromatic carbocycles. The van der Waals surface area contributed by atoms with Crippen LogP contribution in [0, 0.1) is 34.9 Å². The van der Waals surface area contributed by atoms with Crippen LogP contribution >= 0.6 is 34.3 Å². The number of benzene rings is 4. The number of hydrogen-bond donors (Lipinski definition) is 4. The Bertz CT molecular complexity index is 3500. The van der Waals surface area contributed by atoms with Gasteiger partial charge >= 0.3 is 0 Å². The van der Waals surface area contributed by atoms with Gasteiger partial charge in [-0.1, -0.05) is 46.9 Å². The maximum Gasteiger partial charge on any atom is 0.267 e. The first-order valence-corrected chi connectivity index (χ1v) is 26.5. The van der Waals surface area contributed by atoms with Gasteiger partial charge in [0.15, 0.2) is 31.7 Å². The van der Waals surface area contributed by atoms with Crippen molar-refractivity contribution >= 4 is 93.7 Å². The van der Waals surface area contributed by atoms with Gasteiger partial charge < -0.3 is 17.4 Å². The molecular weight excluding hydrogens is 1110 g/mol. The normalized spacial score (nSPS) is 13.5. The molecule has 10 rings (SSSR count). The van der Waals surface area contributed by atoms with Gasteiger partial charge in [-0.15, -0.1) is 0 Å². The number of carbonyl (C=O) groups is 2. The number of nitrogens with two attached hydrogens (primary N) is 1. The van der Waals surface area contributed by atoms with Crippen LogP contribution in [0.5, 0.6) is 0 Å². The Kier molecular flexibility index (Phi) is 16.7. The fourth-order valence-electron chi connectivity index (χ4n) is 7.68. The molecule has 2 aliphatic heterocycles. The van der Waals surface area contributed by atoms with Crippen molar-refractivity contribution in [2.75, 3.05) is 38.1 Å². The van der Waals surface area contributed by atoms with Crippen molar-refractivity contribution in [3.8, 4) is 43.7 Å². The number of carbonyl (C=O) groups excluding carboxylic acids is 2. The summed E-state index contributed by atoms with van der Waals surface area (Å²) >= 11 is 8.12. The van der Waals surface area contributed by atoms with Gasteiger partial charge in [-0.05, 0) is 85.1 Å². The van der Waals surface area contributed by atoms with Crippen molar-refractivity contribution in [2.24, 2.45) is 0 Å². The molecule has 0 atom stereocenters. The molecule has 76 heavy (non-hydrogen) atoms. The third kappa shape index (κ3) is 11.3. The third-order valence-electron chi connectivity index (χ3n) is 11.0. The molecule has 0 aliphatic carbocycles. The standard InChI is InChI=1S/C23H15ClF3N5O3S2.C23H17F3N6O3S2.H3N.H2O/c24-22-28-10-9-16(29-22)20-19(30-23(36-20)32-11-3-8-17(32)33)12-4-1-7-15(18(12)27)31-37(34,35)21-13(25)5-2-6-14(21)26;24-13-5-2-6-14(25)21(13)37(34,35)31-15-7-1-4-12(18(15)26)19-20(16-9-10-28-22(27)29-16)36-23(30-19)32-11-3-8-17(32)33;;/h1-2,4-7,9-10,31H,3,8,11H2;1-2,4-7,9-10,31H,3,8,11H2,(H2,27,28,29);1H3;1H2. The first-order chi connectivity index (χ1) is 35.3. The highest BCUT2D eigenvalue weighted by Gasteiger charge is 2.32. The van der Waals surface area contributed by atoms with E-state index in [0.29, 0.717) is 70.2 Å². The van der Waals surface area contributed by atoms with Crippen molar-refractivity contribution in [3.63, 3.8) is 0 Å². The average molecular weight is 1150 g/mol. The number of hydrogen-bond acceptors (Lipinski definition) is 16. The SMILES string of the molecule is N.Nc1nccc(-c2sc(N3CCCC3=O)nc2-c2cccc(NS(=O)(=O)c3c(F)cccc3F)c2F)n1.O.O=C1CCCN1c1nc(-c2cccc(NS(=O)(=O)c3c(F)cccc3F)c2F)c(-c2ccnc(Cl)n2)s1. The molecule has 2 saturated heterocycles. The molecule has 0 bridgehead atoms. The van der Waals surface area contributed by atoms with Crippen molar-refractivity contribution in [2.45, 2.75) is 35.5 Å². The monoisotopic (exact) mass is 1150 g/mol. The third-order valence-corrected chi connectivity index (χ3v) is 16.2. The lowest BCUT2D eigenvalue weighted by atomic mass is 10.1. The van der Waals surface area contributed by atoms with Crippen LogP contribution in [0.3, 0.4) is 0 Å². The van der Waals surface area contributed by atoms with Crippen LogP contribution in [0.1, 0.15) is 25.7 Å². The number of sulfonamides is 2. The van der Waals surface area contributed by atoms with Crippen molar-refractivity contribution in [1.29, 1.82) is 0 Å². The predicted molar refractivity (Wildman–Crippen MR) is 273 cm³/mol. The molecule has 4 aromatic heterocycles. The van der Waals surface area contributed by atoms with Gasteiger partial charge in [0, 0.05) is 49.5 Å². The largest absolute Gasteiger partial charge is 0.412 e. The molecule has 0 spiro atoms. The summed E-state index contributed by atoms with van der Waals surface area (Å²) in [5.74, 6) is -7.71. The molecule has 396 valence electrons. The number of rotatable bonds is 12. The van der Waals surface area contributed by atoms with Gasteiger partial charge in [-0.25, -0.2) is 73.1 Å². The zero-order valence-electron chi connectivity index (χ0n) is 38.6. The van der Waals surface area contributed by atoms with Crippen LogP contribution in [0.2, 0.25) is 5.28 Å². The molecule has 2 aliphatic rings. The van der Waals surface area contributed by atoms with Crippen LogP contribution in [-0.4, -0.2) is 77.1 Å². The molecule has 19 nitrogen and oxygen atoms in total. The molecule has 0 unspecified atom stereocenters. The van der Waals surface area contributed by atoms with E-state index in [1.165, 1.54) is 58.6 Å². The second kappa shape index (κ2) is 22.7. The minimum atomic E-state index is -4.83. The van der Waals surface area contributed by atoms with E-state index in [-0.39, 0.29) is 57.2 Å². The quantitative estimate of drug-likeness (QED) is 0.0656. The maximum atomic E-state index is 15.8. The van der Waals surface area contributed by atoms with Crippen LogP contribution in [0.15, 0.2) is 107 Å². The van der Waals surface area contributed by atoms with Crippen molar-refractivity contribution in [1.82, 2.24) is 36.1 Å². The van der Waals surface area contributed by atoms with E-state index in [4.69, 9.17) is 17.3 Å². The number of aromatic nitrogens is 6. The summed E-state index contributed by atoms with van der Waals surface area (Å²) in [7, 11) is -9.65. The Balaban J connectivity index is 0.000000216. The van der Waals surface area contributed by atoms with E-state index in [1.807, 2.05) is 9.44 Å². The predicted octanol–water partition coefficient (Wildman–Crippen LogP) is 8.80. The minimum Gasteiger partial charge on any atom is -0.412 e. The molecule has 2 amide bonds. The molecule has 9 N–H and O–H groups in total. The van der Waals surface area contributed by atoms with E-state index < -0.39 is 76.1 Å². The smallest absolute Gasteiger partial charge is 0.267 e. The van der Waals surface area contributed by atoms with Crippen molar-refractivity contribution < 1.29 is 58.2 Å². The number of amides is 2. The summed E-state index contributed by atoms with van der Waals surface area (Å²) in [5.41, 5.74) is 5.13. The molecule has 30 heteroatoms. The van der Waals surface area contributed by atoms with Crippen molar-refractivity contribution in [3.05, 3.63) is 138 Å². The highest BCUT2D eigenvalue weighted by molar-refractivity contribution is 7.93. The van der Waals surface area contributed by atoms with Gasteiger partial charge in [-0.3, -0.25) is 28.8 Å². The van der Waals surface area contributed by atoms with Crippen LogP contribution < -0.4 is 31.1 Å². The molecular formula is C46H37ClF6N12O7S4. The minimum absolute atomic E-state index is 0. The Morgan fingerprint density at radius 1 is 0.566 bits per heavy atom. The Labute approximate surface area is 440 Å². The first-order valence-electron chi connectivity index (χ1n) is 21.5. The highest BCUT2D eigenvalue weighted by Crippen LogP contribution is 2.44. The highest BCUT2D eigenvalue weighted by atomic mass is 35.5. The van der Waals surface area contributed by atoms with Gasteiger partial charge in [0.05, 0.1) is 43.9 Å². The summed E-state index contributed by atoms with van der Waals surface area (Å²) in [6.07, 6.45) is 4.79. The first kappa shape index (κ1) is 56.1. The fraction of sp³-hybridized carbons (Fsp3) is 0.130. The van der Waals surface area contributed by atoms with E-state index in [0.717, 1.165) is 71.2 Å². The number of nitrogens with zero attached hydrogens (tertiary/aromatic N) is 8. The van der Waals surface area contributed by atoms with E-state index in [1.54, 1.807) is 0 Å². The van der Waals surface area contributed by atoms with Gasteiger partial charge in [-0.2, -0.15) is 0 Å². The molecule has 0 radical (unpaired) electrons. The molecule has 0 saturated carbocycles. The molecule has 6 heterocycles. The summed E-state index contributed by atoms with van der Waals surface area (Å²) < 4.78 is 143. The number of anilines is 5. The van der Waals surface area contributed by atoms with Gasteiger partial charge in [0.2, 0.25) is 23.0 Å². The lowest BCUT2D eigenvalue weighted by molar-refractivity contribution is -0.117. The second-order valence-corrected chi connectivity index (χ2v) is 21.3. The fourth-order valence-corrected chi connectivity index (χ4v) is 12.4. The topological polar surface area (TPSA) is 303 Å². The van der Waals surface area contributed by atoms with E-state index in [2.05, 4.69) is 29.9 Å². The zero-order chi connectivity index (χ0) is 52.6. The van der Waals surface area contributed by atoms with Crippen LogP contribution in [0.25, 0.3) is 43.7 Å². The van der Waals surface area contributed by atoms with Gasteiger partial charge in [0.1, 0.15) is 23.3 Å². The molecule has 8 aromatic rings. The lowest BCUT2D eigenvalue weighted by Gasteiger charge is -2.12. The van der Waals surface area contributed by atoms with Crippen LogP contribution in [0.4, 0.5) is 53.9 Å². The van der Waals surface area contributed by atoms with E-state index >= 15 is 8.78 Å². The number of nitrogens with one attached hydrogen (secondary N) is 2. The second-order valence-electron chi connectivity index (χ2n) is 15.8.